The number of ketones is 1. The largest absolute Gasteiger partial charge is 0.411 e. The Balaban J connectivity index is 1.93. The maximum Gasteiger partial charge on any atom is 0.411 e. The van der Waals surface area contributed by atoms with E-state index in [1.807, 2.05) is 0 Å². The quantitative estimate of drug-likeness (QED) is 0.635. The van der Waals surface area contributed by atoms with Crippen LogP contribution in [0.4, 0.5) is 13.2 Å². The van der Waals surface area contributed by atoms with Gasteiger partial charge in [-0.1, -0.05) is 0 Å². The molecule has 0 radical (unpaired) electrons. The topological polar surface area (TPSA) is 35.5 Å². The van der Waals surface area contributed by atoms with E-state index in [4.69, 9.17) is 4.74 Å². The van der Waals surface area contributed by atoms with E-state index in [1.165, 1.54) is 0 Å². The average Bonchev–Trinajstić information content (AvgIpc) is 2.76. The van der Waals surface area contributed by atoms with Crippen LogP contribution in [0.3, 0.4) is 0 Å². The lowest BCUT2D eigenvalue weighted by molar-refractivity contribution is -0.174. The molecule has 0 aliphatic carbocycles. The summed E-state index contributed by atoms with van der Waals surface area (Å²) in [4.78, 5) is 11.3. The smallest absolute Gasteiger partial charge is 0.378 e. The molecule has 0 aromatic carbocycles. The van der Waals surface area contributed by atoms with Gasteiger partial charge in [-0.15, -0.1) is 0 Å². The lowest BCUT2D eigenvalue weighted by Crippen LogP contribution is -2.18. The molecule has 1 aliphatic rings. The number of halogens is 3. The van der Waals surface area contributed by atoms with Crippen LogP contribution in [0.1, 0.15) is 38.5 Å². The van der Waals surface area contributed by atoms with Gasteiger partial charge in [-0.2, -0.15) is 13.2 Å². The minimum atomic E-state index is -4.32. The highest BCUT2D eigenvalue weighted by atomic mass is 19.4. The molecule has 1 rings (SSSR count). The lowest BCUT2D eigenvalue weighted by atomic mass is 10.1. The van der Waals surface area contributed by atoms with Crippen molar-refractivity contribution >= 4 is 5.78 Å². The molecule has 1 saturated heterocycles. The zero-order chi connectivity index (χ0) is 13.4. The summed E-state index contributed by atoms with van der Waals surface area (Å²) in [5.74, 6) is -0.0461. The van der Waals surface area contributed by atoms with Gasteiger partial charge in [-0.05, 0) is 25.7 Å². The van der Waals surface area contributed by atoms with Crippen LogP contribution in [0.25, 0.3) is 0 Å². The average molecular weight is 268 g/mol. The van der Waals surface area contributed by atoms with Gasteiger partial charge in [0.1, 0.15) is 12.4 Å². The highest BCUT2D eigenvalue weighted by Crippen LogP contribution is 2.18. The number of carbonyl (C=O) groups excluding carboxylic acids is 1. The Hall–Kier alpha value is -0.620. The van der Waals surface area contributed by atoms with Gasteiger partial charge in [0.05, 0.1) is 12.7 Å². The van der Waals surface area contributed by atoms with Crippen LogP contribution in [0, 0.1) is 0 Å². The number of rotatable bonds is 8. The first-order chi connectivity index (χ1) is 8.47. The predicted molar refractivity (Wildman–Crippen MR) is 59.3 cm³/mol. The van der Waals surface area contributed by atoms with Crippen molar-refractivity contribution in [3.8, 4) is 0 Å². The van der Waals surface area contributed by atoms with E-state index in [0.29, 0.717) is 6.42 Å². The number of alkyl halides is 3. The third-order valence-corrected chi connectivity index (χ3v) is 2.80. The molecule has 0 bridgehead atoms. The minimum absolute atomic E-state index is 0.0461. The van der Waals surface area contributed by atoms with E-state index in [0.717, 1.165) is 32.3 Å². The van der Waals surface area contributed by atoms with Crippen molar-refractivity contribution in [3.05, 3.63) is 0 Å². The number of carbonyl (C=O) groups is 1. The van der Waals surface area contributed by atoms with Gasteiger partial charge in [-0.3, -0.25) is 4.79 Å². The zero-order valence-corrected chi connectivity index (χ0v) is 10.3. The zero-order valence-electron chi connectivity index (χ0n) is 10.3. The lowest BCUT2D eigenvalue weighted by Gasteiger charge is -2.09. The summed E-state index contributed by atoms with van der Waals surface area (Å²) in [5.41, 5.74) is 0. The van der Waals surface area contributed by atoms with Gasteiger partial charge in [0, 0.05) is 19.4 Å². The molecule has 3 nitrogen and oxygen atoms in total. The molecule has 0 saturated carbocycles. The van der Waals surface area contributed by atoms with Crippen molar-refractivity contribution in [2.45, 2.75) is 50.8 Å². The van der Waals surface area contributed by atoms with Crippen LogP contribution in [0.2, 0.25) is 0 Å². The second-order valence-corrected chi connectivity index (χ2v) is 4.48. The number of ether oxygens (including phenoxy) is 2. The molecular weight excluding hydrogens is 249 g/mol. The summed E-state index contributed by atoms with van der Waals surface area (Å²) < 4.78 is 45.0. The van der Waals surface area contributed by atoms with Crippen molar-refractivity contribution in [2.75, 3.05) is 19.8 Å². The van der Waals surface area contributed by atoms with E-state index in [9.17, 15) is 18.0 Å². The van der Waals surface area contributed by atoms with E-state index < -0.39 is 12.8 Å². The molecule has 6 heteroatoms. The van der Waals surface area contributed by atoms with Gasteiger partial charge < -0.3 is 9.47 Å². The molecule has 0 spiro atoms. The second kappa shape index (κ2) is 7.74. The summed E-state index contributed by atoms with van der Waals surface area (Å²) in [7, 11) is 0. The van der Waals surface area contributed by atoms with Gasteiger partial charge in [0.2, 0.25) is 0 Å². The summed E-state index contributed by atoms with van der Waals surface area (Å²) in [6.07, 6.45) is 0.115. The molecule has 106 valence electrons. The van der Waals surface area contributed by atoms with Gasteiger partial charge >= 0.3 is 6.18 Å². The molecule has 18 heavy (non-hydrogen) atoms. The first-order valence-corrected chi connectivity index (χ1v) is 6.25. The SMILES string of the molecule is O=C(CCCC1CCCO1)CCOCC(F)(F)F. The van der Waals surface area contributed by atoms with Crippen molar-refractivity contribution in [1.82, 2.24) is 0 Å². The molecule has 0 aromatic rings. The molecule has 1 unspecified atom stereocenters. The maximum absolute atomic E-state index is 11.7. The fourth-order valence-electron chi connectivity index (χ4n) is 1.90. The van der Waals surface area contributed by atoms with Crippen molar-refractivity contribution in [3.63, 3.8) is 0 Å². The Kier molecular flexibility index (Phi) is 6.63. The van der Waals surface area contributed by atoms with E-state index in [1.54, 1.807) is 0 Å². The van der Waals surface area contributed by atoms with Crippen LogP contribution in [-0.2, 0) is 14.3 Å². The first kappa shape index (κ1) is 15.4. The van der Waals surface area contributed by atoms with E-state index >= 15 is 0 Å². The predicted octanol–water partition coefficient (Wildman–Crippen LogP) is 2.87. The van der Waals surface area contributed by atoms with Crippen LogP contribution < -0.4 is 0 Å². The number of hydrogen-bond acceptors (Lipinski definition) is 3. The monoisotopic (exact) mass is 268 g/mol. The Morgan fingerprint density at radius 3 is 2.72 bits per heavy atom. The van der Waals surface area contributed by atoms with Crippen LogP contribution in [0.5, 0.6) is 0 Å². The summed E-state index contributed by atoms with van der Waals surface area (Å²) in [6.45, 7) is -0.641. The third-order valence-electron chi connectivity index (χ3n) is 2.80. The molecule has 1 atom stereocenters. The third kappa shape index (κ3) is 7.66. The van der Waals surface area contributed by atoms with Crippen molar-refractivity contribution < 1.29 is 27.4 Å². The highest BCUT2D eigenvalue weighted by Gasteiger charge is 2.27. The molecule has 1 fully saturated rings. The van der Waals surface area contributed by atoms with Crippen LogP contribution >= 0.6 is 0 Å². The minimum Gasteiger partial charge on any atom is -0.378 e. The molecule has 1 heterocycles. The molecule has 0 N–H and O–H groups in total. The normalized spacial score (nSPS) is 20.3. The number of hydrogen-bond donors (Lipinski definition) is 0. The van der Waals surface area contributed by atoms with Crippen molar-refractivity contribution in [1.29, 1.82) is 0 Å². The summed E-state index contributed by atoms with van der Waals surface area (Å²) in [5, 5.41) is 0. The van der Waals surface area contributed by atoms with E-state index in [2.05, 4.69) is 4.74 Å². The van der Waals surface area contributed by atoms with Gasteiger partial charge in [0.25, 0.3) is 0 Å². The second-order valence-electron chi connectivity index (χ2n) is 4.48. The maximum atomic E-state index is 11.7. The fraction of sp³-hybridized carbons (Fsp3) is 0.917. The Morgan fingerprint density at radius 2 is 2.11 bits per heavy atom. The first-order valence-electron chi connectivity index (χ1n) is 6.25. The Labute approximate surface area is 105 Å². The molecule has 1 aliphatic heterocycles. The van der Waals surface area contributed by atoms with E-state index in [-0.39, 0.29) is 24.9 Å². The van der Waals surface area contributed by atoms with Gasteiger partial charge in [0.15, 0.2) is 0 Å². The molecular formula is C12H19F3O3. The highest BCUT2D eigenvalue weighted by molar-refractivity contribution is 5.78. The van der Waals surface area contributed by atoms with Crippen LogP contribution in [0.15, 0.2) is 0 Å². The number of Topliss-reactive ketones (excluding diaryl/α,β-unsaturated/α-hetero) is 1. The van der Waals surface area contributed by atoms with Crippen molar-refractivity contribution in [2.24, 2.45) is 0 Å². The summed E-state index contributed by atoms with van der Waals surface area (Å²) in [6, 6.07) is 0. The molecule has 0 aromatic heterocycles. The fourth-order valence-corrected chi connectivity index (χ4v) is 1.90. The molecule has 0 amide bonds. The van der Waals surface area contributed by atoms with Gasteiger partial charge in [-0.25, -0.2) is 0 Å². The Morgan fingerprint density at radius 1 is 1.33 bits per heavy atom. The standard InChI is InChI=1S/C12H19F3O3/c13-12(14,15)9-17-8-6-10(16)3-1-4-11-5-2-7-18-11/h11H,1-9H2. The Bertz CT molecular complexity index is 247. The summed E-state index contributed by atoms with van der Waals surface area (Å²) >= 11 is 0. The van der Waals surface area contributed by atoms with Crippen LogP contribution in [-0.4, -0.2) is 37.9 Å².